The monoisotopic (exact) mass is 332 g/mol. The zero-order valence-corrected chi connectivity index (χ0v) is 15.2. The average Bonchev–Trinajstić information content (AvgIpc) is 2.58. The fourth-order valence-electron chi connectivity index (χ4n) is 2.61. The number of rotatable bonds is 13. The van der Waals surface area contributed by atoms with E-state index in [0.29, 0.717) is 18.8 Å². The Morgan fingerprint density at radius 3 is 2.62 bits per heavy atom. The third-order valence-electron chi connectivity index (χ3n) is 4.00. The van der Waals surface area contributed by atoms with Gasteiger partial charge in [-0.25, -0.2) is 0 Å². The van der Waals surface area contributed by atoms with Crippen molar-refractivity contribution in [1.82, 2.24) is 0 Å². The Morgan fingerprint density at radius 1 is 1.12 bits per heavy atom. The fraction of sp³-hybridized carbons (Fsp3) is 0.571. The molecule has 0 aliphatic carbocycles. The second-order valence-corrected chi connectivity index (χ2v) is 6.16. The maximum Gasteiger partial charge on any atom is 0.161 e. The topological polar surface area (TPSA) is 46.5 Å². The third-order valence-corrected chi connectivity index (χ3v) is 4.00. The molecule has 1 aromatic rings. The summed E-state index contributed by atoms with van der Waals surface area (Å²) in [6.07, 6.45) is 13.2. The molecule has 0 saturated carbocycles. The number of hydrogen-bond acceptors (Lipinski definition) is 3. The van der Waals surface area contributed by atoms with Crippen molar-refractivity contribution < 1.29 is 14.6 Å². The molecule has 0 atom stereocenters. The summed E-state index contributed by atoms with van der Waals surface area (Å²) in [5.41, 5.74) is 1.10. The lowest BCUT2D eigenvalue weighted by Crippen LogP contribution is -1.94. The van der Waals surface area contributed by atoms with Crippen LogP contribution in [0.1, 0.15) is 70.8 Å². The van der Waals surface area contributed by atoms with E-state index in [-0.39, 0.29) is 11.5 Å². The van der Waals surface area contributed by atoms with Gasteiger partial charge in [-0.3, -0.25) is 4.79 Å². The van der Waals surface area contributed by atoms with Crippen LogP contribution in [-0.4, -0.2) is 17.5 Å². The normalized spacial score (nSPS) is 11.1. The van der Waals surface area contributed by atoms with Gasteiger partial charge in [0.1, 0.15) is 0 Å². The van der Waals surface area contributed by atoms with Crippen molar-refractivity contribution >= 4 is 5.78 Å². The standard InChI is InChI=1S/C21H32O3/c1-3-5-6-7-8-9-13-19(22)14-11-10-12-18-15-16-20(23)21(17-18)24-4-2/h11,14-17,23H,3-10,12-13H2,1-2H3. The lowest BCUT2D eigenvalue weighted by Gasteiger charge is -2.07. The van der Waals surface area contributed by atoms with Crippen LogP contribution in [0.15, 0.2) is 30.4 Å². The van der Waals surface area contributed by atoms with Crippen LogP contribution in [0.25, 0.3) is 0 Å². The molecule has 0 amide bonds. The summed E-state index contributed by atoms with van der Waals surface area (Å²) in [7, 11) is 0. The van der Waals surface area contributed by atoms with Gasteiger partial charge < -0.3 is 9.84 Å². The first-order chi connectivity index (χ1) is 11.7. The number of ketones is 1. The molecule has 134 valence electrons. The van der Waals surface area contributed by atoms with E-state index in [0.717, 1.165) is 31.2 Å². The van der Waals surface area contributed by atoms with Crippen LogP contribution in [-0.2, 0) is 11.2 Å². The van der Waals surface area contributed by atoms with Crippen LogP contribution >= 0.6 is 0 Å². The van der Waals surface area contributed by atoms with Crippen molar-refractivity contribution in [3.63, 3.8) is 0 Å². The molecular weight excluding hydrogens is 300 g/mol. The molecule has 0 fully saturated rings. The van der Waals surface area contributed by atoms with Crippen molar-refractivity contribution in [1.29, 1.82) is 0 Å². The molecule has 3 heteroatoms. The predicted octanol–water partition coefficient (Wildman–Crippen LogP) is 5.60. The summed E-state index contributed by atoms with van der Waals surface area (Å²) in [5, 5.41) is 9.68. The second-order valence-electron chi connectivity index (χ2n) is 6.16. The quantitative estimate of drug-likeness (QED) is 0.378. The molecule has 0 aromatic heterocycles. The number of hydrogen-bond donors (Lipinski definition) is 1. The first-order valence-electron chi connectivity index (χ1n) is 9.31. The van der Waals surface area contributed by atoms with Gasteiger partial charge >= 0.3 is 0 Å². The van der Waals surface area contributed by atoms with Crippen LogP contribution < -0.4 is 4.74 Å². The summed E-state index contributed by atoms with van der Waals surface area (Å²) in [6, 6.07) is 5.42. The highest BCUT2D eigenvalue weighted by Gasteiger charge is 2.03. The van der Waals surface area contributed by atoms with E-state index >= 15 is 0 Å². The van der Waals surface area contributed by atoms with Crippen molar-refractivity contribution in [3.05, 3.63) is 35.9 Å². The summed E-state index contributed by atoms with van der Waals surface area (Å²) < 4.78 is 5.38. The van der Waals surface area contributed by atoms with Crippen LogP contribution in [0.5, 0.6) is 11.5 Å². The Kier molecular flexibility index (Phi) is 10.7. The highest BCUT2D eigenvalue weighted by Crippen LogP contribution is 2.27. The number of phenols is 1. The van der Waals surface area contributed by atoms with Gasteiger partial charge in [-0.2, -0.15) is 0 Å². The number of aromatic hydroxyl groups is 1. The minimum absolute atomic E-state index is 0.172. The molecule has 1 N–H and O–H groups in total. The first kappa shape index (κ1) is 20.3. The van der Waals surface area contributed by atoms with Crippen molar-refractivity contribution in [2.75, 3.05) is 6.61 Å². The Morgan fingerprint density at radius 2 is 1.88 bits per heavy atom. The van der Waals surface area contributed by atoms with Gasteiger partial charge in [-0.05, 0) is 50.0 Å². The van der Waals surface area contributed by atoms with Crippen molar-refractivity contribution in [3.8, 4) is 11.5 Å². The lowest BCUT2D eigenvalue weighted by atomic mass is 10.1. The maximum atomic E-state index is 11.8. The molecular formula is C21H32O3. The number of ether oxygens (including phenoxy) is 1. The van der Waals surface area contributed by atoms with E-state index < -0.39 is 0 Å². The number of unbranched alkanes of at least 4 members (excludes halogenated alkanes) is 5. The molecule has 0 unspecified atom stereocenters. The predicted molar refractivity (Wildman–Crippen MR) is 99.7 cm³/mol. The maximum absolute atomic E-state index is 11.8. The van der Waals surface area contributed by atoms with Crippen molar-refractivity contribution in [2.45, 2.75) is 71.6 Å². The minimum Gasteiger partial charge on any atom is -0.504 e. The van der Waals surface area contributed by atoms with E-state index in [1.54, 1.807) is 12.1 Å². The summed E-state index contributed by atoms with van der Waals surface area (Å²) in [6.45, 7) is 4.64. The van der Waals surface area contributed by atoms with Gasteiger partial charge in [0.05, 0.1) is 6.61 Å². The van der Waals surface area contributed by atoms with Gasteiger partial charge in [0.25, 0.3) is 0 Å². The van der Waals surface area contributed by atoms with E-state index in [9.17, 15) is 9.90 Å². The molecule has 3 nitrogen and oxygen atoms in total. The number of allylic oxidation sites excluding steroid dienone is 2. The molecule has 24 heavy (non-hydrogen) atoms. The largest absolute Gasteiger partial charge is 0.504 e. The van der Waals surface area contributed by atoms with E-state index in [1.807, 2.05) is 25.1 Å². The Labute approximate surface area is 146 Å². The van der Waals surface area contributed by atoms with Crippen LogP contribution in [0.2, 0.25) is 0 Å². The highest BCUT2D eigenvalue weighted by atomic mass is 16.5. The number of carbonyl (C=O) groups is 1. The fourth-order valence-corrected chi connectivity index (χ4v) is 2.61. The Hall–Kier alpha value is -1.77. The molecule has 1 rings (SSSR count). The number of benzene rings is 1. The molecule has 1 aromatic carbocycles. The first-order valence-corrected chi connectivity index (χ1v) is 9.31. The minimum atomic E-state index is 0.172. The van der Waals surface area contributed by atoms with Crippen LogP contribution in [0.3, 0.4) is 0 Å². The van der Waals surface area contributed by atoms with Gasteiger partial charge in [-0.1, -0.05) is 51.2 Å². The lowest BCUT2D eigenvalue weighted by molar-refractivity contribution is -0.114. The zero-order valence-electron chi connectivity index (χ0n) is 15.2. The molecule has 0 radical (unpaired) electrons. The molecule has 0 bridgehead atoms. The Balaban J connectivity index is 2.22. The summed E-state index contributed by atoms with van der Waals surface area (Å²) in [4.78, 5) is 11.8. The van der Waals surface area contributed by atoms with E-state index in [4.69, 9.17) is 4.74 Å². The van der Waals surface area contributed by atoms with Gasteiger partial charge in [-0.15, -0.1) is 0 Å². The van der Waals surface area contributed by atoms with E-state index in [1.165, 1.54) is 25.7 Å². The molecule has 0 spiro atoms. The number of aryl methyl sites for hydroxylation is 1. The van der Waals surface area contributed by atoms with Crippen LogP contribution in [0.4, 0.5) is 0 Å². The number of phenolic OH excluding ortho intramolecular Hbond substituents is 1. The Bertz CT molecular complexity index is 506. The zero-order chi connectivity index (χ0) is 17.6. The highest BCUT2D eigenvalue weighted by molar-refractivity contribution is 5.89. The molecule has 0 saturated heterocycles. The van der Waals surface area contributed by atoms with Gasteiger partial charge in [0.15, 0.2) is 17.3 Å². The van der Waals surface area contributed by atoms with Crippen LogP contribution in [0, 0.1) is 0 Å². The second kappa shape index (κ2) is 12.6. The van der Waals surface area contributed by atoms with Gasteiger partial charge in [0.2, 0.25) is 0 Å². The summed E-state index contributed by atoms with van der Waals surface area (Å²) in [5.74, 6) is 0.926. The van der Waals surface area contributed by atoms with Gasteiger partial charge in [0, 0.05) is 6.42 Å². The summed E-state index contributed by atoms with van der Waals surface area (Å²) >= 11 is 0. The third kappa shape index (κ3) is 8.76. The number of carbonyl (C=O) groups excluding carboxylic acids is 1. The smallest absolute Gasteiger partial charge is 0.161 e. The van der Waals surface area contributed by atoms with E-state index in [2.05, 4.69) is 6.92 Å². The molecule has 0 aliphatic heterocycles. The SMILES string of the molecule is CCCCCCCCC(=O)C=CCCc1ccc(O)c(OCC)c1. The molecule has 0 aliphatic rings. The van der Waals surface area contributed by atoms with Crippen molar-refractivity contribution in [2.24, 2.45) is 0 Å². The molecule has 0 heterocycles. The average molecular weight is 332 g/mol.